The minimum atomic E-state index is -0.240. The molecule has 0 saturated carbocycles. The standard InChI is InChI=1S/C24H27N7O/c1-24(2,3)29-23(32)30-10-7-16(8-11-30)21-12-19-20(6-9-26-22(19)28-21)27-17-4-5-18-13-25-15-31(18)14-17/h4-7,9,12-15H,8,10-11H2,1-3H3,(H,29,32)(H2,26,27,28). The van der Waals surface area contributed by atoms with Crippen molar-refractivity contribution >= 4 is 39.5 Å². The van der Waals surface area contributed by atoms with Gasteiger partial charge in [0.1, 0.15) is 5.65 Å². The van der Waals surface area contributed by atoms with Gasteiger partial charge in [0, 0.05) is 42.1 Å². The smallest absolute Gasteiger partial charge is 0.318 e. The summed E-state index contributed by atoms with van der Waals surface area (Å²) in [7, 11) is 0. The molecule has 0 unspecified atom stereocenters. The lowest BCUT2D eigenvalue weighted by molar-refractivity contribution is 0.193. The number of nitrogens with zero attached hydrogens (tertiary/aromatic N) is 4. The third-order valence-corrected chi connectivity index (χ3v) is 5.54. The molecule has 8 nitrogen and oxygen atoms in total. The Morgan fingerprint density at radius 2 is 2.09 bits per heavy atom. The maximum Gasteiger partial charge on any atom is 0.318 e. The molecule has 0 spiro atoms. The number of imidazole rings is 1. The van der Waals surface area contributed by atoms with E-state index in [0.717, 1.165) is 40.0 Å². The van der Waals surface area contributed by atoms with Crippen molar-refractivity contribution in [1.82, 2.24) is 29.6 Å². The summed E-state index contributed by atoms with van der Waals surface area (Å²) in [5.41, 5.74) is 5.85. The molecule has 3 N–H and O–H groups in total. The molecule has 0 fully saturated rings. The summed E-state index contributed by atoms with van der Waals surface area (Å²) in [4.78, 5) is 26.4. The highest BCUT2D eigenvalue weighted by molar-refractivity contribution is 5.94. The molecule has 0 saturated heterocycles. The minimum absolute atomic E-state index is 0.0209. The van der Waals surface area contributed by atoms with E-state index in [1.807, 2.05) is 60.7 Å². The van der Waals surface area contributed by atoms with Gasteiger partial charge in [-0.15, -0.1) is 0 Å². The van der Waals surface area contributed by atoms with E-state index in [2.05, 4.69) is 37.7 Å². The lowest BCUT2D eigenvalue weighted by atomic mass is 10.0. The maximum absolute atomic E-state index is 12.4. The SMILES string of the molecule is CC(C)(C)NC(=O)N1CC=C(c2cc3c(Nc4ccc5cncn5c4)ccnc3[nH]2)CC1. The number of pyridine rings is 2. The number of hydrogen-bond donors (Lipinski definition) is 3. The van der Waals surface area contributed by atoms with Crippen LogP contribution in [0.3, 0.4) is 0 Å². The van der Waals surface area contributed by atoms with Gasteiger partial charge in [0.15, 0.2) is 0 Å². The Kier molecular flexibility index (Phi) is 4.84. The molecule has 8 heteroatoms. The first-order chi connectivity index (χ1) is 15.4. The van der Waals surface area contributed by atoms with Crippen LogP contribution >= 0.6 is 0 Å². The van der Waals surface area contributed by atoms with Gasteiger partial charge in [0.05, 0.1) is 29.4 Å². The number of aromatic nitrogens is 4. The molecule has 1 aliphatic rings. The van der Waals surface area contributed by atoms with E-state index in [9.17, 15) is 4.79 Å². The maximum atomic E-state index is 12.4. The van der Waals surface area contributed by atoms with E-state index in [0.29, 0.717) is 13.1 Å². The highest BCUT2D eigenvalue weighted by Gasteiger charge is 2.22. The molecule has 0 radical (unpaired) electrons. The van der Waals surface area contributed by atoms with Crippen molar-refractivity contribution in [3.63, 3.8) is 0 Å². The van der Waals surface area contributed by atoms with Crippen molar-refractivity contribution in [2.75, 3.05) is 18.4 Å². The van der Waals surface area contributed by atoms with Gasteiger partial charge < -0.3 is 24.9 Å². The lowest BCUT2D eigenvalue weighted by Gasteiger charge is -2.30. The predicted octanol–water partition coefficient (Wildman–Crippen LogP) is 4.55. The summed E-state index contributed by atoms with van der Waals surface area (Å²) < 4.78 is 1.98. The Hall–Kier alpha value is -3.81. The molecule has 0 aliphatic carbocycles. The third-order valence-electron chi connectivity index (χ3n) is 5.54. The monoisotopic (exact) mass is 429 g/mol. The molecule has 5 heterocycles. The van der Waals surface area contributed by atoms with Crippen LogP contribution in [0.4, 0.5) is 16.2 Å². The number of amides is 2. The summed E-state index contributed by atoms with van der Waals surface area (Å²) in [5, 5.41) is 7.56. The first-order valence-electron chi connectivity index (χ1n) is 10.8. The molecule has 4 aromatic heterocycles. The lowest BCUT2D eigenvalue weighted by Crippen LogP contribution is -2.49. The van der Waals surface area contributed by atoms with E-state index in [1.165, 1.54) is 5.57 Å². The molecule has 2 amide bonds. The Morgan fingerprint density at radius 1 is 1.22 bits per heavy atom. The number of anilines is 2. The van der Waals surface area contributed by atoms with Crippen molar-refractivity contribution in [2.24, 2.45) is 0 Å². The van der Waals surface area contributed by atoms with Gasteiger partial charge in [-0.2, -0.15) is 0 Å². The quantitative estimate of drug-likeness (QED) is 0.446. The van der Waals surface area contributed by atoms with Crippen LogP contribution in [0.25, 0.3) is 22.1 Å². The number of nitrogens with one attached hydrogen (secondary N) is 3. The Labute approximate surface area is 186 Å². The van der Waals surface area contributed by atoms with Crippen molar-refractivity contribution < 1.29 is 4.79 Å². The number of urea groups is 1. The van der Waals surface area contributed by atoms with E-state index in [4.69, 9.17) is 0 Å². The van der Waals surface area contributed by atoms with E-state index < -0.39 is 0 Å². The largest absolute Gasteiger partial charge is 0.354 e. The van der Waals surface area contributed by atoms with E-state index in [1.54, 1.807) is 12.5 Å². The van der Waals surface area contributed by atoms with Gasteiger partial charge in [-0.3, -0.25) is 0 Å². The number of hydrogen-bond acceptors (Lipinski definition) is 4. The fourth-order valence-electron chi connectivity index (χ4n) is 3.96. The van der Waals surface area contributed by atoms with E-state index >= 15 is 0 Å². The number of fused-ring (bicyclic) bond motifs is 2. The molecule has 0 atom stereocenters. The topological polar surface area (TPSA) is 90.3 Å². The second-order valence-corrected chi connectivity index (χ2v) is 9.18. The summed E-state index contributed by atoms with van der Waals surface area (Å²) in [6.07, 6.45) is 10.4. The molecule has 4 aromatic rings. The van der Waals surface area contributed by atoms with Crippen LogP contribution in [0.5, 0.6) is 0 Å². The van der Waals surface area contributed by atoms with Gasteiger partial charge in [-0.25, -0.2) is 14.8 Å². The average molecular weight is 430 g/mol. The van der Waals surface area contributed by atoms with Crippen LogP contribution in [0.2, 0.25) is 0 Å². The second-order valence-electron chi connectivity index (χ2n) is 9.18. The highest BCUT2D eigenvalue weighted by Crippen LogP contribution is 2.30. The zero-order valence-corrected chi connectivity index (χ0v) is 18.5. The van der Waals surface area contributed by atoms with Crippen LogP contribution in [-0.2, 0) is 0 Å². The van der Waals surface area contributed by atoms with Crippen LogP contribution < -0.4 is 10.6 Å². The summed E-state index contributed by atoms with van der Waals surface area (Å²) in [6, 6.07) is 8.17. The zero-order valence-electron chi connectivity index (χ0n) is 18.5. The van der Waals surface area contributed by atoms with Crippen LogP contribution in [0, 0.1) is 0 Å². The van der Waals surface area contributed by atoms with Crippen molar-refractivity contribution in [2.45, 2.75) is 32.7 Å². The first-order valence-corrected chi connectivity index (χ1v) is 10.8. The van der Waals surface area contributed by atoms with Gasteiger partial charge in [-0.1, -0.05) is 6.08 Å². The first kappa shape index (κ1) is 20.1. The fraction of sp³-hybridized carbons (Fsp3) is 0.292. The van der Waals surface area contributed by atoms with Crippen LogP contribution in [0.1, 0.15) is 32.9 Å². The summed E-state index contributed by atoms with van der Waals surface area (Å²) >= 11 is 0. The minimum Gasteiger partial charge on any atom is -0.354 e. The Morgan fingerprint density at radius 3 is 2.88 bits per heavy atom. The molecular formula is C24H27N7O. The molecule has 5 rings (SSSR count). The number of carbonyl (C=O) groups is 1. The van der Waals surface area contributed by atoms with Crippen LogP contribution in [-0.4, -0.2) is 48.9 Å². The average Bonchev–Trinajstić information content (AvgIpc) is 3.40. The van der Waals surface area contributed by atoms with Crippen molar-refractivity contribution in [3.8, 4) is 0 Å². The van der Waals surface area contributed by atoms with Gasteiger partial charge in [0.25, 0.3) is 0 Å². The second kappa shape index (κ2) is 7.71. The molecule has 164 valence electrons. The number of aromatic amines is 1. The molecular weight excluding hydrogens is 402 g/mol. The highest BCUT2D eigenvalue weighted by atomic mass is 16.2. The van der Waals surface area contributed by atoms with Crippen LogP contribution in [0.15, 0.2) is 55.3 Å². The van der Waals surface area contributed by atoms with Gasteiger partial charge >= 0.3 is 6.03 Å². The molecule has 32 heavy (non-hydrogen) atoms. The number of rotatable bonds is 3. The molecule has 0 bridgehead atoms. The normalized spacial score (nSPS) is 14.6. The fourth-order valence-corrected chi connectivity index (χ4v) is 3.96. The third kappa shape index (κ3) is 4.03. The molecule has 1 aliphatic heterocycles. The van der Waals surface area contributed by atoms with E-state index in [-0.39, 0.29) is 11.6 Å². The Balaban J connectivity index is 1.37. The summed E-state index contributed by atoms with van der Waals surface area (Å²) in [6.45, 7) is 7.26. The molecule has 0 aromatic carbocycles. The number of H-pyrrole nitrogens is 1. The summed E-state index contributed by atoms with van der Waals surface area (Å²) in [5.74, 6) is 0. The van der Waals surface area contributed by atoms with Gasteiger partial charge in [0.2, 0.25) is 0 Å². The zero-order chi connectivity index (χ0) is 22.3. The number of carbonyl (C=O) groups excluding carboxylic acids is 1. The Bertz CT molecular complexity index is 1330. The van der Waals surface area contributed by atoms with Crippen molar-refractivity contribution in [1.29, 1.82) is 0 Å². The van der Waals surface area contributed by atoms with Crippen molar-refractivity contribution in [3.05, 3.63) is 61.0 Å². The predicted molar refractivity (Wildman–Crippen MR) is 127 cm³/mol. The van der Waals surface area contributed by atoms with Gasteiger partial charge in [-0.05, 0) is 57.0 Å².